The van der Waals surface area contributed by atoms with Gasteiger partial charge in [0, 0.05) is 12.5 Å². The Morgan fingerprint density at radius 3 is 2.50 bits per heavy atom. The second-order valence-corrected chi connectivity index (χ2v) is 3.47. The highest BCUT2D eigenvalue weighted by atomic mass is 16.7. The molecule has 0 spiro atoms. The van der Waals surface area contributed by atoms with Gasteiger partial charge >= 0.3 is 11.9 Å². The normalized spacial score (nSPS) is 9.56. The molecule has 0 aliphatic rings. The molecule has 0 unspecified atom stereocenters. The molecular formula is C13H14O5. The van der Waals surface area contributed by atoms with Gasteiger partial charge in [0.25, 0.3) is 0 Å². The van der Waals surface area contributed by atoms with E-state index in [0.717, 1.165) is 11.6 Å². The number of carboxylic acid groups (broad SMARTS) is 1. The second kappa shape index (κ2) is 7.11. The van der Waals surface area contributed by atoms with Gasteiger partial charge in [0.05, 0.1) is 0 Å². The molecule has 96 valence electrons. The van der Waals surface area contributed by atoms with Crippen molar-refractivity contribution < 1.29 is 24.2 Å². The van der Waals surface area contributed by atoms with E-state index in [0.29, 0.717) is 12.2 Å². The zero-order valence-electron chi connectivity index (χ0n) is 9.80. The van der Waals surface area contributed by atoms with Crippen LogP contribution >= 0.6 is 0 Å². The van der Waals surface area contributed by atoms with E-state index < -0.39 is 11.9 Å². The fourth-order valence-corrected chi connectivity index (χ4v) is 1.22. The van der Waals surface area contributed by atoms with Crippen molar-refractivity contribution in [3.63, 3.8) is 0 Å². The monoisotopic (exact) mass is 250 g/mol. The van der Waals surface area contributed by atoms with E-state index >= 15 is 0 Å². The minimum absolute atomic E-state index is 0.0944. The summed E-state index contributed by atoms with van der Waals surface area (Å²) in [6.45, 7) is 3.07. The van der Waals surface area contributed by atoms with Crippen LogP contribution in [0.1, 0.15) is 12.0 Å². The van der Waals surface area contributed by atoms with Crippen molar-refractivity contribution in [2.45, 2.75) is 12.8 Å². The number of rotatable bonds is 7. The molecule has 0 bridgehead atoms. The first-order valence-corrected chi connectivity index (χ1v) is 5.34. The van der Waals surface area contributed by atoms with Crippen LogP contribution in [0.3, 0.4) is 0 Å². The van der Waals surface area contributed by atoms with E-state index in [1.165, 1.54) is 0 Å². The molecule has 0 aromatic heterocycles. The molecule has 1 rings (SSSR count). The summed E-state index contributed by atoms with van der Waals surface area (Å²) in [6, 6.07) is 6.93. The van der Waals surface area contributed by atoms with E-state index in [1.54, 1.807) is 24.3 Å². The average molecular weight is 250 g/mol. The Hall–Kier alpha value is -2.30. The Morgan fingerprint density at radius 1 is 1.28 bits per heavy atom. The Balaban J connectivity index is 2.38. The number of aryl methyl sites for hydroxylation is 1. The summed E-state index contributed by atoms with van der Waals surface area (Å²) in [5.74, 6) is -0.828. The number of ether oxygens (including phenoxy) is 2. The minimum Gasteiger partial charge on any atom is -0.481 e. The number of hydrogen-bond donors (Lipinski definition) is 1. The largest absolute Gasteiger partial charge is 0.481 e. The summed E-state index contributed by atoms with van der Waals surface area (Å²) in [6.07, 6.45) is 1.62. The van der Waals surface area contributed by atoms with E-state index in [9.17, 15) is 9.59 Å². The maximum atomic E-state index is 10.7. The molecule has 0 amide bonds. The first kappa shape index (κ1) is 13.8. The highest BCUT2D eigenvalue weighted by Gasteiger charge is 2.00. The number of carbonyl (C=O) groups excluding carboxylic acids is 1. The molecular weight excluding hydrogens is 236 g/mol. The smallest absolute Gasteiger partial charge is 0.333 e. The van der Waals surface area contributed by atoms with Gasteiger partial charge in [0.15, 0.2) is 0 Å². The number of benzene rings is 1. The van der Waals surface area contributed by atoms with Gasteiger partial charge in [-0.15, -0.1) is 0 Å². The van der Waals surface area contributed by atoms with Crippen LogP contribution in [-0.2, 0) is 20.7 Å². The Bertz CT molecular complexity index is 422. The molecule has 0 fully saturated rings. The lowest BCUT2D eigenvalue weighted by molar-refractivity contribution is -0.144. The van der Waals surface area contributed by atoms with Crippen LogP contribution in [-0.4, -0.2) is 23.8 Å². The molecule has 5 heteroatoms. The molecule has 0 atom stereocenters. The number of carbonyl (C=O) groups is 2. The molecule has 0 saturated carbocycles. The number of aliphatic carboxylic acids is 1. The van der Waals surface area contributed by atoms with Gasteiger partial charge in [0.2, 0.25) is 6.79 Å². The Morgan fingerprint density at radius 2 is 1.94 bits per heavy atom. The van der Waals surface area contributed by atoms with Crippen LogP contribution < -0.4 is 4.74 Å². The molecule has 0 saturated heterocycles. The predicted octanol–water partition coefficient (Wildman–Crippen LogP) is 1.77. The highest BCUT2D eigenvalue weighted by molar-refractivity contribution is 5.81. The second-order valence-electron chi connectivity index (χ2n) is 3.47. The van der Waals surface area contributed by atoms with Crippen molar-refractivity contribution in [2.24, 2.45) is 0 Å². The Labute approximate surface area is 105 Å². The third kappa shape index (κ3) is 5.16. The van der Waals surface area contributed by atoms with Gasteiger partial charge in [-0.3, -0.25) is 4.79 Å². The lowest BCUT2D eigenvalue weighted by Crippen LogP contribution is -2.07. The van der Waals surface area contributed by atoms with Crippen molar-refractivity contribution in [2.75, 3.05) is 6.79 Å². The zero-order valence-corrected chi connectivity index (χ0v) is 9.80. The van der Waals surface area contributed by atoms with Gasteiger partial charge in [-0.1, -0.05) is 18.7 Å². The van der Waals surface area contributed by atoms with E-state index in [2.05, 4.69) is 11.3 Å². The van der Waals surface area contributed by atoms with E-state index in [1.807, 2.05) is 0 Å². The molecule has 18 heavy (non-hydrogen) atoms. The van der Waals surface area contributed by atoms with Crippen molar-refractivity contribution in [1.82, 2.24) is 0 Å². The summed E-state index contributed by atoms with van der Waals surface area (Å²) in [4.78, 5) is 21.1. The first-order valence-electron chi connectivity index (χ1n) is 5.34. The first-order chi connectivity index (χ1) is 8.61. The lowest BCUT2D eigenvalue weighted by atomic mass is 10.1. The molecule has 5 nitrogen and oxygen atoms in total. The molecule has 0 aliphatic carbocycles. The van der Waals surface area contributed by atoms with Crippen LogP contribution in [0.15, 0.2) is 36.9 Å². The van der Waals surface area contributed by atoms with Gasteiger partial charge < -0.3 is 14.6 Å². The molecule has 1 aromatic rings. The van der Waals surface area contributed by atoms with E-state index in [-0.39, 0.29) is 13.2 Å². The van der Waals surface area contributed by atoms with Crippen LogP contribution in [0.2, 0.25) is 0 Å². The van der Waals surface area contributed by atoms with Gasteiger partial charge in [-0.2, -0.15) is 0 Å². The van der Waals surface area contributed by atoms with Crippen molar-refractivity contribution >= 4 is 11.9 Å². The number of hydrogen-bond acceptors (Lipinski definition) is 4. The van der Waals surface area contributed by atoms with Gasteiger partial charge in [-0.25, -0.2) is 4.79 Å². The third-order valence-corrected chi connectivity index (χ3v) is 2.14. The van der Waals surface area contributed by atoms with Gasteiger partial charge in [-0.05, 0) is 24.1 Å². The van der Waals surface area contributed by atoms with Crippen molar-refractivity contribution in [3.8, 4) is 5.75 Å². The number of carboxylic acids is 1. The fourth-order valence-electron chi connectivity index (χ4n) is 1.22. The lowest BCUT2D eigenvalue weighted by Gasteiger charge is -2.06. The standard InChI is InChI=1S/C13H14O5/c1-2-13(16)18-9-17-11-6-3-10(4-7-11)5-8-12(14)15/h2-4,6-7H,1,5,8-9H2,(H,14,15). The summed E-state index contributed by atoms with van der Waals surface area (Å²) in [5.41, 5.74) is 0.910. The maximum Gasteiger partial charge on any atom is 0.333 e. The molecule has 0 radical (unpaired) electrons. The van der Waals surface area contributed by atoms with Crippen LogP contribution in [0.25, 0.3) is 0 Å². The summed E-state index contributed by atoms with van der Waals surface area (Å²) < 4.78 is 9.80. The molecule has 1 aromatic carbocycles. The number of esters is 1. The van der Waals surface area contributed by atoms with Crippen LogP contribution in [0.4, 0.5) is 0 Å². The Kier molecular flexibility index (Phi) is 5.44. The molecule has 0 heterocycles. The summed E-state index contributed by atoms with van der Waals surface area (Å²) >= 11 is 0. The van der Waals surface area contributed by atoms with Gasteiger partial charge in [0.1, 0.15) is 5.75 Å². The molecule has 1 N–H and O–H groups in total. The SMILES string of the molecule is C=CC(=O)OCOc1ccc(CCC(=O)O)cc1. The van der Waals surface area contributed by atoms with Crippen LogP contribution in [0.5, 0.6) is 5.75 Å². The molecule has 0 aliphatic heterocycles. The van der Waals surface area contributed by atoms with Crippen LogP contribution in [0, 0.1) is 0 Å². The quantitative estimate of drug-likeness (QED) is 0.453. The maximum absolute atomic E-state index is 10.7. The topological polar surface area (TPSA) is 72.8 Å². The summed E-state index contributed by atoms with van der Waals surface area (Å²) in [7, 11) is 0. The average Bonchev–Trinajstić information content (AvgIpc) is 2.37. The third-order valence-electron chi connectivity index (χ3n) is 2.14. The van der Waals surface area contributed by atoms with Crippen molar-refractivity contribution in [3.05, 3.63) is 42.5 Å². The highest BCUT2D eigenvalue weighted by Crippen LogP contribution is 2.13. The van der Waals surface area contributed by atoms with E-state index in [4.69, 9.17) is 9.84 Å². The minimum atomic E-state index is -0.827. The summed E-state index contributed by atoms with van der Waals surface area (Å²) in [5, 5.41) is 8.54. The van der Waals surface area contributed by atoms with Crippen molar-refractivity contribution in [1.29, 1.82) is 0 Å². The fraction of sp³-hybridized carbons (Fsp3) is 0.231. The predicted molar refractivity (Wildman–Crippen MR) is 64.2 cm³/mol. The zero-order chi connectivity index (χ0) is 13.4.